The van der Waals surface area contributed by atoms with E-state index in [4.69, 9.17) is 11.6 Å². The molecule has 118 valence electrons. The lowest BCUT2D eigenvalue weighted by Crippen LogP contribution is -2.41. The minimum absolute atomic E-state index is 0.0154. The molecule has 1 aromatic heterocycles. The van der Waals surface area contributed by atoms with Crippen LogP contribution in [-0.4, -0.2) is 23.0 Å². The fourth-order valence-corrected chi connectivity index (χ4v) is 1.74. The van der Waals surface area contributed by atoms with Gasteiger partial charge in [0.2, 0.25) is 5.91 Å². The highest BCUT2D eigenvalue weighted by molar-refractivity contribution is 6.29. The summed E-state index contributed by atoms with van der Waals surface area (Å²) in [6.45, 7) is 5.68. The molecular formula is C13H17ClF3N3O. The Hall–Kier alpha value is -1.50. The first-order valence-electron chi connectivity index (χ1n) is 6.27. The molecule has 0 saturated carbocycles. The van der Waals surface area contributed by atoms with Crippen LogP contribution in [-0.2, 0) is 11.0 Å². The molecule has 0 radical (unpaired) electrons. The Balaban J connectivity index is 2.60. The van der Waals surface area contributed by atoms with Gasteiger partial charge in [0.15, 0.2) is 0 Å². The Morgan fingerprint density at radius 3 is 2.43 bits per heavy atom. The third-order valence-electron chi connectivity index (χ3n) is 2.29. The summed E-state index contributed by atoms with van der Waals surface area (Å²) in [6, 6.07) is 1.60. The zero-order valence-corrected chi connectivity index (χ0v) is 12.7. The molecule has 1 heterocycles. The SMILES string of the molecule is CC(C)(C)NC(=O)CCNc1cc(C(F)(F)F)cc(Cl)n1. The van der Waals surface area contributed by atoms with Gasteiger partial charge in [0.25, 0.3) is 0 Å². The van der Waals surface area contributed by atoms with Crippen LogP contribution in [0.5, 0.6) is 0 Å². The second kappa shape index (κ2) is 6.51. The van der Waals surface area contributed by atoms with Crippen molar-refractivity contribution in [3.63, 3.8) is 0 Å². The lowest BCUT2D eigenvalue weighted by molar-refractivity contribution is -0.137. The van der Waals surface area contributed by atoms with Crippen molar-refractivity contribution in [2.75, 3.05) is 11.9 Å². The summed E-state index contributed by atoms with van der Waals surface area (Å²) in [5, 5.41) is 5.15. The zero-order valence-electron chi connectivity index (χ0n) is 11.9. The van der Waals surface area contributed by atoms with E-state index in [-0.39, 0.29) is 35.4 Å². The summed E-state index contributed by atoms with van der Waals surface area (Å²) in [6.07, 6.45) is -4.38. The Bertz CT molecular complexity index is 512. The lowest BCUT2D eigenvalue weighted by atomic mass is 10.1. The molecule has 0 bridgehead atoms. The molecule has 0 spiro atoms. The number of aromatic nitrogens is 1. The number of nitrogens with one attached hydrogen (secondary N) is 2. The quantitative estimate of drug-likeness (QED) is 0.834. The first-order valence-corrected chi connectivity index (χ1v) is 6.65. The van der Waals surface area contributed by atoms with Gasteiger partial charge in [0, 0.05) is 18.5 Å². The average molecular weight is 324 g/mol. The smallest absolute Gasteiger partial charge is 0.369 e. The van der Waals surface area contributed by atoms with E-state index in [1.807, 2.05) is 20.8 Å². The summed E-state index contributed by atoms with van der Waals surface area (Å²) < 4.78 is 37.8. The fraction of sp³-hybridized carbons (Fsp3) is 0.538. The number of alkyl halides is 3. The van der Waals surface area contributed by atoms with Gasteiger partial charge in [-0.1, -0.05) is 11.6 Å². The number of anilines is 1. The number of rotatable bonds is 4. The molecule has 0 saturated heterocycles. The van der Waals surface area contributed by atoms with E-state index in [1.165, 1.54) is 0 Å². The van der Waals surface area contributed by atoms with Crippen molar-refractivity contribution in [2.24, 2.45) is 0 Å². The summed E-state index contributed by atoms with van der Waals surface area (Å²) in [5.74, 6) is -0.216. The maximum atomic E-state index is 12.6. The van der Waals surface area contributed by atoms with E-state index < -0.39 is 11.7 Å². The van der Waals surface area contributed by atoms with Crippen LogP contribution in [0.4, 0.5) is 19.0 Å². The molecule has 0 aliphatic rings. The zero-order chi connectivity index (χ0) is 16.3. The van der Waals surface area contributed by atoms with Crippen LogP contribution in [0.15, 0.2) is 12.1 Å². The normalized spacial score (nSPS) is 12.1. The van der Waals surface area contributed by atoms with Crippen LogP contribution in [0.2, 0.25) is 5.15 Å². The molecule has 0 unspecified atom stereocenters. The van der Waals surface area contributed by atoms with Gasteiger partial charge in [-0.15, -0.1) is 0 Å². The molecule has 2 N–H and O–H groups in total. The largest absolute Gasteiger partial charge is 0.416 e. The second-order valence-electron chi connectivity index (χ2n) is 5.54. The minimum Gasteiger partial charge on any atom is -0.369 e. The van der Waals surface area contributed by atoms with E-state index in [2.05, 4.69) is 15.6 Å². The van der Waals surface area contributed by atoms with Crippen molar-refractivity contribution >= 4 is 23.3 Å². The van der Waals surface area contributed by atoms with Crippen LogP contribution in [0.3, 0.4) is 0 Å². The van der Waals surface area contributed by atoms with Crippen molar-refractivity contribution in [1.82, 2.24) is 10.3 Å². The maximum Gasteiger partial charge on any atom is 0.416 e. The molecule has 0 fully saturated rings. The van der Waals surface area contributed by atoms with Crippen LogP contribution >= 0.6 is 11.6 Å². The molecule has 0 atom stereocenters. The minimum atomic E-state index is -4.49. The molecule has 0 aliphatic heterocycles. The Morgan fingerprint density at radius 1 is 1.29 bits per heavy atom. The van der Waals surface area contributed by atoms with Gasteiger partial charge < -0.3 is 10.6 Å². The van der Waals surface area contributed by atoms with Crippen LogP contribution in [0, 0.1) is 0 Å². The molecule has 1 aromatic rings. The maximum absolute atomic E-state index is 12.6. The van der Waals surface area contributed by atoms with Gasteiger partial charge >= 0.3 is 6.18 Å². The molecule has 0 aliphatic carbocycles. The molecule has 1 amide bonds. The number of hydrogen-bond acceptors (Lipinski definition) is 3. The topological polar surface area (TPSA) is 54.0 Å². The van der Waals surface area contributed by atoms with E-state index in [0.717, 1.165) is 12.1 Å². The Morgan fingerprint density at radius 2 is 1.90 bits per heavy atom. The average Bonchev–Trinajstić information content (AvgIpc) is 2.24. The van der Waals surface area contributed by atoms with Gasteiger partial charge in [-0.05, 0) is 32.9 Å². The third kappa shape index (κ3) is 6.66. The predicted molar refractivity (Wildman–Crippen MR) is 75.3 cm³/mol. The van der Waals surface area contributed by atoms with Gasteiger partial charge in [0.1, 0.15) is 11.0 Å². The Kier molecular flexibility index (Phi) is 5.44. The van der Waals surface area contributed by atoms with Crippen LogP contribution < -0.4 is 10.6 Å². The highest BCUT2D eigenvalue weighted by Crippen LogP contribution is 2.31. The molecule has 4 nitrogen and oxygen atoms in total. The van der Waals surface area contributed by atoms with E-state index >= 15 is 0 Å². The molecular weight excluding hydrogens is 307 g/mol. The van der Waals surface area contributed by atoms with Crippen LogP contribution in [0.1, 0.15) is 32.8 Å². The monoisotopic (exact) mass is 323 g/mol. The van der Waals surface area contributed by atoms with Crippen molar-refractivity contribution in [3.05, 3.63) is 22.8 Å². The number of carbonyl (C=O) groups is 1. The van der Waals surface area contributed by atoms with E-state index in [0.29, 0.717) is 0 Å². The molecule has 0 aromatic carbocycles. The van der Waals surface area contributed by atoms with Gasteiger partial charge in [0.05, 0.1) is 5.56 Å². The standard InChI is InChI=1S/C13H17ClF3N3O/c1-12(2,3)20-11(21)4-5-18-10-7-8(13(15,16)17)6-9(14)19-10/h6-7H,4-5H2,1-3H3,(H,18,19)(H,20,21). The van der Waals surface area contributed by atoms with E-state index in [9.17, 15) is 18.0 Å². The van der Waals surface area contributed by atoms with Crippen molar-refractivity contribution in [1.29, 1.82) is 0 Å². The number of pyridine rings is 1. The van der Waals surface area contributed by atoms with E-state index in [1.54, 1.807) is 0 Å². The van der Waals surface area contributed by atoms with Gasteiger partial charge in [-0.25, -0.2) is 4.98 Å². The summed E-state index contributed by atoms with van der Waals surface area (Å²) >= 11 is 5.55. The first kappa shape index (κ1) is 17.6. The number of halogens is 4. The Labute approximate surface area is 126 Å². The number of amides is 1. The van der Waals surface area contributed by atoms with Gasteiger partial charge in [-0.3, -0.25) is 4.79 Å². The highest BCUT2D eigenvalue weighted by Gasteiger charge is 2.31. The summed E-state index contributed by atoms with van der Waals surface area (Å²) in [7, 11) is 0. The number of carbonyl (C=O) groups excluding carboxylic acids is 1. The van der Waals surface area contributed by atoms with Crippen LogP contribution in [0.25, 0.3) is 0 Å². The number of nitrogens with zero attached hydrogens (tertiary/aromatic N) is 1. The van der Waals surface area contributed by atoms with Crippen molar-refractivity contribution < 1.29 is 18.0 Å². The lowest BCUT2D eigenvalue weighted by Gasteiger charge is -2.20. The summed E-state index contributed by atoms with van der Waals surface area (Å²) in [5.41, 5.74) is -1.24. The van der Waals surface area contributed by atoms with Gasteiger partial charge in [-0.2, -0.15) is 13.2 Å². The highest BCUT2D eigenvalue weighted by atomic mass is 35.5. The van der Waals surface area contributed by atoms with Crippen molar-refractivity contribution in [3.8, 4) is 0 Å². The molecule has 8 heteroatoms. The predicted octanol–water partition coefficient (Wildman–Crippen LogP) is 3.47. The summed E-state index contributed by atoms with van der Waals surface area (Å²) in [4.78, 5) is 15.3. The molecule has 1 rings (SSSR count). The molecule has 21 heavy (non-hydrogen) atoms. The van der Waals surface area contributed by atoms with Crippen molar-refractivity contribution in [2.45, 2.75) is 38.9 Å². The number of hydrogen-bond donors (Lipinski definition) is 2. The first-order chi connectivity index (χ1) is 9.47. The third-order valence-corrected chi connectivity index (χ3v) is 2.49. The second-order valence-corrected chi connectivity index (χ2v) is 5.92. The fourth-order valence-electron chi connectivity index (χ4n) is 1.54.